The lowest BCUT2D eigenvalue weighted by atomic mass is 10.1. The molecule has 2 aromatic rings. The van der Waals surface area contributed by atoms with Crippen molar-refractivity contribution >= 4 is 0 Å². The Morgan fingerprint density at radius 2 is 2.00 bits per heavy atom. The predicted octanol–water partition coefficient (Wildman–Crippen LogP) is 3.27. The summed E-state index contributed by atoms with van der Waals surface area (Å²) in [4.78, 5) is 2.53. The molecule has 1 unspecified atom stereocenters. The maximum atomic E-state index is 4.27. The highest BCUT2D eigenvalue weighted by Gasteiger charge is 2.32. The summed E-state index contributed by atoms with van der Waals surface area (Å²) in [5, 5.41) is 12.3. The molecule has 5 heteroatoms. The Morgan fingerprint density at radius 1 is 1.22 bits per heavy atom. The molecule has 3 rings (SSSR count). The van der Waals surface area contributed by atoms with E-state index in [1.54, 1.807) is 0 Å². The van der Waals surface area contributed by atoms with Gasteiger partial charge < -0.3 is 0 Å². The van der Waals surface area contributed by atoms with E-state index in [-0.39, 0.29) is 0 Å². The molecule has 0 aliphatic heterocycles. The minimum atomic E-state index is 0.575. The first-order chi connectivity index (χ1) is 11.3. The summed E-state index contributed by atoms with van der Waals surface area (Å²) in [6.07, 6.45) is 4.99. The zero-order valence-electron chi connectivity index (χ0n) is 14.2. The Balaban J connectivity index is 1.72. The van der Waals surface area contributed by atoms with Crippen molar-refractivity contribution in [2.45, 2.75) is 65.2 Å². The van der Waals surface area contributed by atoms with E-state index in [0.717, 1.165) is 44.2 Å². The number of benzene rings is 1. The number of hydrogen-bond acceptors (Lipinski definition) is 4. The first-order valence-electron chi connectivity index (χ1n) is 8.81. The van der Waals surface area contributed by atoms with Gasteiger partial charge in [0.1, 0.15) is 0 Å². The third-order valence-corrected chi connectivity index (χ3v) is 4.78. The zero-order chi connectivity index (χ0) is 16.1. The lowest BCUT2D eigenvalue weighted by molar-refractivity contribution is 0.164. The molecule has 1 saturated carbocycles. The zero-order valence-corrected chi connectivity index (χ0v) is 14.2. The fourth-order valence-electron chi connectivity index (χ4n) is 3.04. The molecule has 1 aliphatic carbocycles. The monoisotopic (exact) mass is 313 g/mol. The Bertz CT molecular complexity index is 590. The number of hydrogen-bond donors (Lipinski definition) is 0. The molecule has 1 aromatic carbocycles. The van der Waals surface area contributed by atoms with Gasteiger partial charge in [0, 0.05) is 19.1 Å². The van der Waals surface area contributed by atoms with Gasteiger partial charge in [-0.3, -0.25) is 4.90 Å². The van der Waals surface area contributed by atoms with Crippen LogP contribution < -0.4 is 0 Å². The highest BCUT2D eigenvalue weighted by Crippen LogP contribution is 2.36. The van der Waals surface area contributed by atoms with Crippen LogP contribution in [0.2, 0.25) is 0 Å². The number of nitrogens with zero attached hydrogens (tertiary/aromatic N) is 5. The Morgan fingerprint density at radius 3 is 2.70 bits per heavy atom. The summed E-state index contributed by atoms with van der Waals surface area (Å²) in [7, 11) is 0. The minimum absolute atomic E-state index is 0.575. The van der Waals surface area contributed by atoms with Crippen molar-refractivity contribution in [2.24, 2.45) is 5.92 Å². The molecular formula is C18H27N5. The van der Waals surface area contributed by atoms with Crippen LogP contribution in [-0.4, -0.2) is 31.1 Å². The fraction of sp³-hybridized carbons (Fsp3) is 0.611. The molecule has 0 spiro atoms. The average Bonchev–Trinajstić information content (AvgIpc) is 3.34. The quantitative estimate of drug-likeness (QED) is 0.713. The van der Waals surface area contributed by atoms with Gasteiger partial charge in [0.2, 0.25) is 0 Å². The van der Waals surface area contributed by atoms with Crippen LogP contribution in [0.3, 0.4) is 0 Å². The largest absolute Gasteiger partial charge is 0.289 e. The number of aromatic nitrogens is 4. The van der Waals surface area contributed by atoms with Gasteiger partial charge in [-0.1, -0.05) is 43.7 Å². The molecule has 0 radical (unpaired) electrons. The molecule has 0 bridgehead atoms. The summed E-state index contributed by atoms with van der Waals surface area (Å²) < 4.78 is 1.97. The molecule has 0 N–H and O–H groups in total. The maximum absolute atomic E-state index is 4.27. The maximum Gasteiger partial charge on any atom is 0.165 e. The van der Waals surface area contributed by atoms with Crippen LogP contribution in [0.1, 0.15) is 50.9 Å². The molecule has 0 amide bonds. The van der Waals surface area contributed by atoms with Gasteiger partial charge in [0.15, 0.2) is 5.82 Å². The highest BCUT2D eigenvalue weighted by atomic mass is 15.5. The van der Waals surface area contributed by atoms with E-state index >= 15 is 0 Å². The van der Waals surface area contributed by atoms with Crippen molar-refractivity contribution in [3.63, 3.8) is 0 Å². The number of rotatable bonds is 9. The van der Waals surface area contributed by atoms with Crippen molar-refractivity contribution in [1.82, 2.24) is 25.1 Å². The highest BCUT2D eigenvalue weighted by molar-refractivity contribution is 5.14. The van der Waals surface area contributed by atoms with Crippen molar-refractivity contribution in [2.75, 3.05) is 0 Å². The minimum Gasteiger partial charge on any atom is -0.289 e. The molecule has 5 nitrogen and oxygen atoms in total. The van der Waals surface area contributed by atoms with E-state index in [0.29, 0.717) is 6.04 Å². The Kier molecular flexibility index (Phi) is 5.39. The third-order valence-electron chi connectivity index (χ3n) is 4.78. The molecule has 124 valence electrons. The molecule has 1 heterocycles. The Labute approximate surface area is 138 Å². The van der Waals surface area contributed by atoms with E-state index in [1.807, 2.05) is 4.68 Å². The predicted molar refractivity (Wildman–Crippen MR) is 90.6 cm³/mol. The fourth-order valence-corrected chi connectivity index (χ4v) is 3.04. The second-order valence-electron chi connectivity index (χ2n) is 6.64. The Hall–Kier alpha value is -1.75. The van der Waals surface area contributed by atoms with E-state index in [2.05, 4.69) is 64.6 Å². The van der Waals surface area contributed by atoms with Crippen LogP contribution in [0, 0.1) is 5.92 Å². The molecule has 23 heavy (non-hydrogen) atoms. The lowest BCUT2D eigenvalue weighted by Crippen LogP contribution is -2.34. The summed E-state index contributed by atoms with van der Waals surface area (Å²) in [5.41, 5.74) is 1.35. The van der Waals surface area contributed by atoms with Gasteiger partial charge >= 0.3 is 0 Å². The van der Waals surface area contributed by atoms with Gasteiger partial charge in [-0.2, -0.15) is 0 Å². The van der Waals surface area contributed by atoms with E-state index in [9.17, 15) is 0 Å². The molecule has 0 saturated heterocycles. The van der Waals surface area contributed by atoms with E-state index in [1.165, 1.54) is 18.4 Å². The number of aryl methyl sites for hydroxylation is 1. The van der Waals surface area contributed by atoms with Crippen molar-refractivity contribution in [3.8, 4) is 0 Å². The standard InChI is InChI=1S/C18H27N5/c1-3-4-12-23-18(19-20-21-23)14-22(15(2)17-10-11-17)13-16-8-6-5-7-9-16/h5-9,15,17H,3-4,10-14H2,1-2H3. The van der Waals surface area contributed by atoms with Crippen LogP contribution in [0.15, 0.2) is 30.3 Å². The van der Waals surface area contributed by atoms with Gasteiger partial charge in [-0.15, -0.1) is 5.10 Å². The van der Waals surface area contributed by atoms with Crippen LogP contribution in [-0.2, 0) is 19.6 Å². The number of tetrazole rings is 1. The van der Waals surface area contributed by atoms with Crippen molar-refractivity contribution in [1.29, 1.82) is 0 Å². The topological polar surface area (TPSA) is 46.8 Å². The first kappa shape index (κ1) is 16.1. The van der Waals surface area contributed by atoms with Crippen LogP contribution >= 0.6 is 0 Å². The first-order valence-corrected chi connectivity index (χ1v) is 8.81. The molecule has 1 aromatic heterocycles. The van der Waals surface area contributed by atoms with Gasteiger partial charge in [0.05, 0.1) is 6.54 Å². The molecule has 1 aliphatic rings. The SMILES string of the molecule is CCCCn1nnnc1CN(Cc1ccccc1)C(C)C1CC1. The molecule has 1 fully saturated rings. The van der Waals surface area contributed by atoms with Gasteiger partial charge in [0.25, 0.3) is 0 Å². The van der Waals surface area contributed by atoms with Crippen molar-refractivity contribution in [3.05, 3.63) is 41.7 Å². The average molecular weight is 313 g/mol. The second kappa shape index (κ2) is 7.68. The van der Waals surface area contributed by atoms with Crippen LogP contribution in [0.5, 0.6) is 0 Å². The second-order valence-corrected chi connectivity index (χ2v) is 6.64. The van der Waals surface area contributed by atoms with E-state index < -0.39 is 0 Å². The van der Waals surface area contributed by atoms with Gasteiger partial charge in [-0.25, -0.2) is 4.68 Å². The summed E-state index contributed by atoms with van der Waals surface area (Å²) >= 11 is 0. The molecule has 1 atom stereocenters. The van der Waals surface area contributed by atoms with Crippen LogP contribution in [0.25, 0.3) is 0 Å². The van der Waals surface area contributed by atoms with E-state index in [4.69, 9.17) is 0 Å². The smallest absolute Gasteiger partial charge is 0.165 e. The van der Waals surface area contributed by atoms with Crippen molar-refractivity contribution < 1.29 is 0 Å². The lowest BCUT2D eigenvalue weighted by Gasteiger charge is -2.28. The summed E-state index contributed by atoms with van der Waals surface area (Å²) in [5.74, 6) is 1.82. The summed E-state index contributed by atoms with van der Waals surface area (Å²) in [6.45, 7) is 7.24. The van der Waals surface area contributed by atoms with Gasteiger partial charge in [-0.05, 0) is 48.1 Å². The van der Waals surface area contributed by atoms with Crippen LogP contribution in [0.4, 0.5) is 0 Å². The number of unbranched alkanes of at least 4 members (excludes halogenated alkanes) is 1. The summed E-state index contributed by atoms with van der Waals surface area (Å²) in [6, 6.07) is 11.3. The third kappa shape index (κ3) is 4.38. The molecular weight excluding hydrogens is 286 g/mol. The normalized spacial score (nSPS) is 16.0.